The van der Waals surface area contributed by atoms with Crippen LogP contribution in [-0.4, -0.2) is 56.8 Å². The van der Waals surface area contributed by atoms with Gasteiger partial charge < -0.3 is 9.67 Å². The standard InChI is InChI=1S/C12H18N4O4S/c17-12(18)10-3-1-2-5-16(10)21(19,20)15-8-7-14-6-4-13-11(14)9-15/h4,6,10H,1-3,5,7-9H2,(H,17,18). The molecule has 1 unspecified atom stereocenters. The van der Waals surface area contributed by atoms with Crippen LogP contribution in [0, 0.1) is 0 Å². The Bertz CT molecular complexity index is 641. The van der Waals surface area contributed by atoms with E-state index < -0.39 is 22.2 Å². The van der Waals surface area contributed by atoms with Gasteiger partial charge in [0.25, 0.3) is 10.2 Å². The highest BCUT2D eigenvalue weighted by molar-refractivity contribution is 7.86. The van der Waals surface area contributed by atoms with E-state index in [-0.39, 0.29) is 13.1 Å². The number of imidazole rings is 1. The highest BCUT2D eigenvalue weighted by atomic mass is 32.2. The number of aromatic nitrogens is 2. The van der Waals surface area contributed by atoms with E-state index in [0.717, 1.165) is 10.7 Å². The molecule has 21 heavy (non-hydrogen) atoms. The summed E-state index contributed by atoms with van der Waals surface area (Å²) in [6, 6.07) is -0.953. The summed E-state index contributed by atoms with van der Waals surface area (Å²) in [6.07, 6.45) is 5.28. The SMILES string of the molecule is O=C(O)C1CCCCN1S(=O)(=O)N1CCn2ccnc2C1. The van der Waals surface area contributed by atoms with E-state index in [4.69, 9.17) is 0 Å². The average Bonchev–Trinajstić information content (AvgIpc) is 2.94. The van der Waals surface area contributed by atoms with E-state index in [9.17, 15) is 18.3 Å². The molecule has 1 N–H and O–H groups in total. The molecular weight excluding hydrogens is 296 g/mol. The fourth-order valence-corrected chi connectivity index (χ4v) is 4.69. The zero-order chi connectivity index (χ0) is 15.0. The highest BCUT2D eigenvalue weighted by Crippen LogP contribution is 2.25. The summed E-state index contributed by atoms with van der Waals surface area (Å²) >= 11 is 0. The number of aliphatic carboxylic acids is 1. The van der Waals surface area contributed by atoms with Crippen LogP contribution in [0.4, 0.5) is 0 Å². The molecule has 3 rings (SSSR count). The molecule has 1 atom stereocenters. The van der Waals surface area contributed by atoms with E-state index in [0.29, 0.717) is 31.8 Å². The quantitative estimate of drug-likeness (QED) is 0.839. The van der Waals surface area contributed by atoms with E-state index in [1.165, 1.54) is 4.31 Å². The zero-order valence-corrected chi connectivity index (χ0v) is 12.4. The monoisotopic (exact) mass is 314 g/mol. The molecule has 0 saturated carbocycles. The van der Waals surface area contributed by atoms with Gasteiger partial charge in [0.15, 0.2) is 0 Å². The molecule has 1 saturated heterocycles. The van der Waals surface area contributed by atoms with Gasteiger partial charge in [-0.05, 0) is 19.3 Å². The largest absolute Gasteiger partial charge is 0.480 e. The van der Waals surface area contributed by atoms with Crippen molar-refractivity contribution in [1.82, 2.24) is 18.2 Å². The molecule has 2 aliphatic heterocycles. The number of nitrogens with zero attached hydrogens (tertiary/aromatic N) is 4. The Kier molecular flexibility index (Phi) is 3.72. The summed E-state index contributed by atoms with van der Waals surface area (Å²) < 4.78 is 29.9. The minimum Gasteiger partial charge on any atom is -0.480 e. The van der Waals surface area contributed by atoms with Crippen molar-refractivity contribution in [2.45, 2.75) is 38.4 Å². The molecule has 116 valence electrons. The van der Waals surface area contributed by atoms with Crippen molar-refractivity contribution in [3.8, 4) is 0 Å². The van der Waals surface area contributed by atoms with Crippen molar-refractivity contribution in [2.75, 3.05) is 13.1 Å². The molecule has 0 spiro atoms. The van der Waals surface area contributed by atoms with Crippen LogP contribution in [0.5, 0.6) is 0 Å². The van der Waals surface area contributed by atoms with E-state index in [2.05, 4.69) is 4.98 Å². The fourth-order valence-electron chi connectivity index (χ4n) is 2.92. The lowest BCUT2D eigenvalue weighted by Gasteiger charge is -2.37. The summed E-state index contributed by atoms with van der Waals surface area (Å²) in [4.78, 5) is 15.5. The molecule has 2 aliphatic rings. The van der Waals surface area contributed by atoms with Gasteiger partial charge in [0.1, 0.15) is 11.9 Å². The van der Waals surface area contributed by atoms with Crippen LogP contribution in [0.2, 0.25) is 0 Å². The van der Waals surface area contributed by atoms with Crippen molar-refractivity contribution in [3.63, 3.8) is 0 Å². The first-order valence-electron chi connectivity index (χ1n) is 7.00. The predicted octanol–water partition coefficient (Wildman–Crippen LogP) is -0.117. The molecule has 0 radical (unpaired) electrons. The number of hydrogen-bond acceptors (Lipinski definition) is 4. The lowest BCUT2D eigenvalue weighted by molar-refractivity contribution is -0.142. The minimum absolute atomic E-state index is 0.193. The third-order valence-corrected chi connectivity index (χ3v) is 6.07. The summed E-state index contributed by atoms with van der Waals surface area (Å²) in [5, 5.41) is 9.25. The second-order valence-corrected chi connectivity index (χ2v) is 7.22. The van der Waals surface area contributed by atoms with Crippen molar-refractivity contribution >= 4 is 16.2 Å². The number of hydrogen-bond donors (Lipinski definition) is 1. The average molecular weight is 314 g/mol. The maximum Gasteiger partial charge on any atom is 0.322 e. The Morgan fingerprint density at radius 1 is 1.29 bits per heavy atom. The van der Waals surface area contributed by atoms with Gasteiger partial charge in [0.05, 0.1) is 6.54 Å². The van der Waals surface area contributed by atoms with E-state index >= 15 is 0 Å². The Morgan fingerprint density at radius 3 is 2.86 bits per heavy atom. The Balaban J connectivity index is 1.85. The van der Waals surface area contributed by atoms with Crippen molar-refractivity contribution < 1.29 is 18.3 Å². The molecule has 0 bridgehead atoms. The Labute approximate surface area is 123 Å². The van der Waals surface area contributed by atoms with Crippen LogP contribution in [0.15, 0.2) is 12.4 Å². The van der Waals surface area contributed by atoms with Crippen LogP contribution in [0.1, 0.15) is 25.1 Å². The second-order valence-electron chi connectivity index (χ2n) is 5.34. The summed E-state index contributed by atoms with van der Waals surface area (Å²) in [5.41, 5.74) is 0. The molecule has 8 nitrogen and oxygen atoms in total. The van der Waals surface area contributed by atoms with Gasteiger partial charge in [-0.3, -0.25) is 4.79 Å². The molecule has 0 amide bonds. The third-order valence-electron chi connectivity index (χ3n) is 4.07. The van der Waals surface area contributed by atoms with Gasteiger partial charge in [-0.1, -0.05) is 0 Å². The highest BCUT2D eigenvalue weighted by Gasteiger charge is 2.41. The second kappa shape index (κ2) is 5.39. The topological polar surface area (TPSA) is 95.7 Å². The molecular formula is C12H18N4O4S. The molecule has 0 aromatic carbocycles. The number of carboxylic acids is 1. The van der Waals surface area contributed by atoms with Crippen molar-refractivity contribution in [2.24, 2.45) is 0 Å². The molecule has 1 fully saturated rings. The van der Waals surface area contributed by atoms with Crippen LogP contribution >= 0.6 is 0 Å². The summed E-state index contributed by atoms with van der Waals surface area (Å²) in [7, 11) is -3.77. The van der Waals surface area contributed by atoms with Gasteiger partial charge in [0.2, 0.25) is 0 Å². The van der Waals surface area contributed by atoms with Gasteiger partial charge in [-0.25, -0.2) is 4.98 Å². The molecule has 0 aliphatic carbocycles. The first-order valence-corrected chi connectivity index (χ1v) is 8.39. The number of piperidine rings is 1. The summed E-state index contributed by atoms with van der Waals surface area (Å²) in [5.74, 6) is -0.384. The third kappa shape index (κ3) is 2.56. The first-order chi connectivity index (χ1) is 10.00. The summed E-state index contributed by atoms with van der Waals surface area (Å²) in [6.45, 7) is 1.34. The Hall–Kier alpha value is -1.45. The van der Waals surface area contributed by atoms with Crippen LogP contribution < -0.4 is 0 Å². The van der Waals surface area contributed by atoms with Crippen molar-refractivity contribution in [3.05, 3.63) is 18.2 Å². The van der Waals surface area contributed by atoms with Gasteiger partial charge >= 0.3 is 5.97 Å². The number of fused-ring (bicyclic) bond motifs is 1. The smallest absolute Gasteiger partial charge is 0.322 e. The molecule has 9 heteroatoms. The lowest BCUT2D eigenvalue weighted by atomic mass is 10.1. The number of rotatable bonds is 3. The van der Waals surface area contributed by atoms with E-state index in [1.54, 1.807) is 6.20 Å². The van der Waals surface area contributed by atoms with Crippen molar-refractivity contribution in [1.29, 1.82) is 0 Å². The lowest BCUT2D eigenvalue weighted by Crippen LogP contribution is -2.54. The van der Waals surface area contributed by atoms with Crippen LogP contribution in [-0.2, 0) is 28.1 Å². The zero-order valence-electron chi connectivity index (χ0n) is 11.6. The Morgan fingerprint density at radius 2 is 2.10 bits per heavy atom. The minimum atomic E-state index is -3.77. The normalized spacial score (nSPS) is 24.7. The first kappa shape index (κ1) is 14.5. The van der Waals surface area contributed by atoms with Gasteiger partial charge in [-0.15, -0.1) is 0 Å². The fraction of sp³-hybridized carbons (Fsp3) is 0.667. The van der Waals surface area contributed by atoms with Gasteiger partial charge in [-0.2, -0.15) is 17.0 Å². The predicted molar refractivity (Wildman–Crippen MR) is 73.5 cm³/mol. The maximum atomic E-state index is 12.7. The molecule has 3 heterocycles. The molecule has 1 aromatic rings. The number of carboxylic acid groups (broad SMARTS) is 1. The van der Waals surface area contributed by atoms with E-state index in [1.807, 2.05) is 10.8 Å². The van der Waals surface area contributed by atoms with Crippen LogP contribution in [0.3, 0.4) is 0 Å². The van der Waals surface area contributed by atoms with Crippen LogP contribution in [0.25, 0.3) is 0 Å². The maximum absolute atomic E-state index is 12.7. The van der Waals surface area contributed by atoms with Gasteiger partial charge in [0, 0.05) is 32.0 Å². The number of carbonyl (C=O) groups is 1. The molecule has 1 aromatic heterocycles.